The zero-order valence-corrected chi connectivity index (χ0v) is 10.5. The van der Waals surface area contributed by atoms with Crippen molar-refractivity contribution in [3.05, 3.63) is 0 Å². The van der Waals surface area contributed by atoms with Crippen molar-refractivity contribution in [3.63, 3.8) is 0 Å². The molecule has 0 aromatic carbocycles. The third-order valence-corrected chi connectivity index (χ3v) is 5.32. The second kappa shape index (κ2) is 5.47. The van der Waals surface area contributed by atoms with Gasteiger partial charge in [-0.15, -0.1) is 0 Å². The van der Waals surface area contributed by atoms with Gasteiger partial charge in [-0.05, 0) is 32.1 Å². The number of nitrogens with zero attached hydrogens (tertiary/aromatic N) is 1. The Kier molecular flexibility index (Phi) is 4.21. The Balaban J connectivity index is 1.90. The molecular weight excluding hydrogens is 226 g/mol. The van der Waals surface area contributed by atoms with Gasteiger partial charge in [-0.1, -0.05) is 6.42 Å². The minimum Gasteiger partial charge on any atom is -0.377 e. The van der Waals surface area contributed by atoms with Gasteiger partial charge in [0.15, 0.2) is 0 Å². The van der Waals surface area contributed by atoms with Crippen molar-refractivity contribution in [3.8, 4) is 0 Å². The van der Waals surface area contributed by atoms with Gasteiger partial charge in [0.2, 0.25) is 10.0 Å². The molecule has 1 unspecified atom stereocenters. The number of hydrogen-bond donors (Lipinski definition) is 0. The number of hydrogen-bond acceptors (Lipinski definition) is 3. The molecule has 0 aromatic heterocycles. The van der Waals surface area contributed by atoms with E-state index in [-0.39, 0.29) is 11.9 Å². The Morgan fingerprint density at radius 2 is 1.81 bits per heavy atom. The molecule has 5 heteroatoms. The van der Waals surface area contributed by atoms with Crippen molar-refractivity contribution in [2.45, 2.75) is 44.6 Å². The van der Waals surface area contributed by atoms with Crippen LogP contribution in [0.1, 0.15) is 38.5 Å². The summed E-state index contributed by atoms with van der Waals surface area (Å²) in [6.45, 7) is 2.13. The van der Waals surface area contributed by atoms with Crippen molar-refractivity contribution in [2.24, 2.45) is 0 Å². The highest BCUT2D eigenvalue weighted by Crippen LogP contribution is 2.19. The maximum absolute atomic E-state index is 12.1. The van der Waals surface area contributed by atoms with Crippen LogP contribution < -0.4 is 0 Å². The van der Waals surface area contributed by atoms with Gasteiger partial charge in [0.05, 0.1) is 11.9 Å². The average molecular weight is 247 g/mol. The van der Waals surface area contributed by atoms with Crippen molar-refractivity contribution >= 4 is 10.0 Å². The summed E-state index contributed by atoms with van der Waals surface area (Å²) in [5.41, 5.74) is 0. The van der Waals surface area contributed by atoms with Gasteiger partial charge in [-0.25, -0.2) is 12.7 Å². The van der Waals surface area contributed by atoms with Crippen LogP contribution in [-0.2, 0) is 14.8 Å². The molecule has 94 valence electrons. The highest BCUT2D eigenvalue weighted by molar-refractivity contribution is 7.89. The molecule has 0 bridgehead atoms. The van der Waals surface area contributed by atoms with E-state index < -0.39 is 10.0 Å². The van der Waals surface area contributed by atoms with E-state index in [1.165, 1.54) is 0 Å². The molecule has 0 amide bonds. The minimum atomic E-state index is -3.07. The first-order chi connectivity index (χ1) is 7.68. The Morgan fingerprint density at radius 3 is 2.44 bits per heavy atom. The number of piperidine rings is 1. The Morgan fingerprint density at radius 1 is 1.06 bits per heavy atom. The van der Waals surface area contributed by atoms with Gasteiger partial charge in [0.1, 0.15) is 0 Å². The van der Waals surface area contributed by atoms with E-state index >= 15 is 0 Å². The Labute approximate surface area is 98.0 Å². The van der Waals surface area contributed by atoms with Gasteiger partial charge in [-0.3, -0.25) is 0 Å². The van der Waals surface area contributed by atoms with Gasteiger partial charge in [0.25, 0.3) is 0 Å². The molecule has 2 rings (SSSR count). The van der Waals surface area contributed by atoms with E-state index in [1.807, 2.05) is 0 Å². The third kappa shape index (κ3) is 3.18. The maximum Gasteiger partial charge on any atom is 0.216 e. The molecule has 0 saturated carbocycles. The van der Waals surface area contributed by atoms with E-state index in [4.69, 9.17) is 4.74 Å². The van der Waals surface area contributed by atoms with Gasteiger partial charge >= 0.3 is 0 Å². The fraction of sp³-hybridized carbons (Fsp3) is 1.00. The van der Waals surface area contributed by atoms with Crippen LogP contribution in [0.3, 0.4) is 0 Å². The summed E-state index contributed by atoms with van der Waals surface area (Å²) < 4.78 is 31.3. The molecule has 2 heterocycles. The SMILES string of the molecule is O=S(=O)(CC1CCCCO1)N1CCCCC1. The minimum absolute atomic E-state index is 0.0688. The Bertz CT molecular complexity index is 303. The lowest BCUT2D eigenvalue weighted by Gasteiger charge is -2.29. The van der Waals surface area contributed by atoms with Gasteiger partial charge in [0, 0.05) is 19.7 Å². The second-order valence-corrected chi connectivity index (χ2v) is 6.74. The fourth-order valence-corrected chi connectivity index (χ4v) is 4.18. The monoisotopic (exact) mass is 247 g/mol. The summed E-state index contributed by atoms with van der Waals surface area (Å²) in [4.78, 5) is 0. The van der Waals surface area contributed by atoms with Crippen LogP contribution in [0, 0.1) is 0 Å². The molecule has 2 saturated heterocycles. The molecule has 0 N–H and O–H groups in total. The normalized spacial score (nSPS) is 29.1. The van der Waals surface area contributed by atoms with Crippen LogP contribution in [0.2, 0.25) is 0 Å². The molecule has 0 spiro atoms. The predicted molar refractivity (Wildman–Crippen MR) is 62.8 cm³/mol. The smallest absolute Gasteiger partial charge is 0.216 e. The van der Waals surface area contributed by atoms with Crippen molar-refractivity contribution in [1.29, 1.82) is 0 Å². The van der Waals surface area contributed by atoms with E-state index in [0.717, 1.165) is 45.1 Å². The van der Waals surface area contributed by atoms with E-state index in [2.05, 4.69) is 0 Å². The zero-order chi connectivity index (χ0) is 11.4. The summed E-state index contributed by atoms with van der Waals surface area (Å²) in [6.07, 6.45) is 6.16. The summed E-state index contributed by atoms with van der Waals surface area (Å²) in [7, 11) is -3.07. The Hall–Kier alpha value is -0.130. The number of rotatable bonds is 3. The lowest BCUT2D eigenvalue weighted by atomic mass is 10.1. The molecule has 0 aromatic rings. The first-order valence-corrected chi connectivity index (χ1v) is 7.89. The maximum atomic E-state index is 12.1. The standard InChI is InChI=1S/C11H21NO3S/c13-16(14,12-7-3-1-4-8-12)10-11-6-2-5-9-15-11/h11H,1-10H2. The van der Waals surface area contributed by atoms with Gasteiger partial charge < -0.3 is 4.74 Å². The van der Waals surface area contributed by atoms with E-state index in [0.29, 0.717) is 13.1 Å². The quantitative estimate of drug-likeness (QED) is 0.757. The molecular formula is C11H21NO3S. The van der Waals surface area contributed by atoms with E-state index in [1.54, 1.807) is 4.31 Å². The lowest BCUT2D eigenvalue weighted by molar-refractivity contribution is 0.0298. The van der Waals surface area contributed by atoms with Crippen LogP contribution in [0.25, 0.3) is 0 Å². The largest absolute Gasteiger partial charge is 0.377 e. The highest BCUT2D eigenvalue weighted by Gasteiger charge is 2.28. The zero-order valence-electron chi connectivity index (χ0n) is 9.73. The molecule has 2 aliphatic heterocycles. The van der Waals surface area contributed by atoms with E-state index in [9.17, 15) is 8.42 Å². The van der Waals surface area contributed by atoms with Crippen LogP contribution in [0.15, 0.2) is 0 Å². The number of sulfonamides is 1. The first-order valence-electron chi connectivity index (χ1n) is 6.28. The lowest BCUT2D eigenvalue weighted by Crippen LogP contribution is -2.41. The van der Waals surface area contributed by atoms with Gasteiger partial charge in [-0.2, -0.15) is 0 Å². The molecule has 0 radical (unpaired) electrons. The highest BCUT2D eigenvalue weighted by atomic mass is 32.2. The van der Waals surface area contributed by atoms with Crippen LogP contribution >= 0.6 is 0 Å². The summed E-state index contributed by atoms with van der Waals surface area (Å²) in [6, 6.07) is 0. The molecule has 2 aliphatic rings. The first kappa shape index (κ1) is 12.3. The third-order valence-electron chi connectivity index (χ3n) is 3.38. The second-order valence-electron chi connectivity index (χ2n) is 4.73. The molecule has 16 heavy (non-hydrogen) atoms. The molecule has 0 aliphatic carbocycles. The molecule has 1 atom stereocenters. The van der Waals surface area contributed by atoms with Crippen molar-refractivity contribution < 1.29 is 13.2 Å². The van der Waals surface area contributed by atoms with Crippen LogP contribution in [0.5, 0.6) is 0 Å². The predicted octanol–water partition coefficient (Wildman–Crippen LogP) is 1.37. The fourth-order valence-electron chi connectivity index (χ4n) is 2.42. The van der Waals surface area contributed by atoms with Crippen molar-refractivity contribution in [2.75, 3.05) is 25.4 Å². The number of ether oxygens (including phenoxy) is 1. The average Bonchev–Trinajstić information content (AvgIpc) is 2.31. The van der Waals surface area contributed by atoms with Crippen LogP contribution in [-0.4, -0.2) is 44.3 Å². The summed E-state index contributed by atoms with van der Waals surface area (Å²) in [5.74, 6) is 0.188. The molecule has 4 nitrogen and oxygen atoms in total. The van der Waals surface area contributed by atoms with Crippen LogP contribution in [0.4, 0.5) is 0 Å². The topological polar surface area (TPSA) is 46.6 Å². The van der Waals surface area contributed by atoms with Crippen molar-refractivity contribution in [1.82, 2.24) is 4.31 Å². The molecule has 2 fully saturated rings. The summed E-state index contributed by atoms with van der Waals surface area (Å²) in [5, 5.41) is 0. The summed E-state index contributed by atoms with van der Waals surface area (Å²) >= 11 is 0.